The van der Waals surface area contributed by atoms with E-state index in [4.69, 9.17) is 4.74 Å². The highest BCUT2D eigenvalue weighted by Gasteiger charge is 2.23. The molecule has 1 N–H and O–H groups in total. The van der Waals surface area contributed by atoms with Crippen molar-refractivity contribution in [3.8, 4) is 11.1 Å². The third-order valence-corrected chi connectivity index (χ3v) is 5.85. The molecule has 31 heavy (non-hydrogen) atoms. The molecule has 0 bridgehead atoms. The van der Waals surface area contributed by atoms with E-state index >= 15 is 0 Å². The predicted octanol–water partition coefficient (Wildman–Crippen LogP) is 4.77. The van der Waals surface area contributed by atoms with Crippen LogP contribution in [0, 0.1) is 13.8 Å². The SMILES string of the molecule is Cc1ccc(NC(=O)c2cc(-c3cccn4c(C5CCOC5)ncc34)cnc2C)cc1. The van der Waals surface area contributed by atoms with Crippen molar-refractivity contribution in [2.75, 3.05) is 18.5 Å². The van der Waals surface area contributed by atoms with Gasteiger partial charge in [0.25, 0.3) is 5.91 Å². The first-order valence-electron chi connectivity index (χ1n) is 10.5. The van der Waals surface area contributed by atoms with Gasteiger partial charge in [0.15, 0.2) is 0 Å². The normalized spacial score (nSPS) is 16.0. The summed E-state index contributed by atoms with van der Waals surface area (Å²) in [5.74, 6) is 1.16. The number of imidazole rings is 1. The molecule has 1 aromatic carbocycles. The van der Waals surface area contributed by atoms with Gasteiger partial charge in [-0.3, -0.25) is 9.78 Å². The highest BCUT2D eigenvalue weighted by molar-refractivity contribution is 6.05. The number of anilines is 1. The third kappa shape index (κ3) is 3.70. The van der Waals surface area contributed by atoms with Crippen LogP contribution >= 0.6 is 0 Å². The maximum absolute atomic E-state index is 13.0. The summed E-state index contributed by atoms with van der Waals surface area (Å²) in [6, 6.07) is 13.7. The maximum Gasteiger partial charge on any atom is 0.257 e. The Morgan fingerprint density at radius 1 is 1.13 bits per heavy atom. The monoisotopic (exact) mass is 412 g/mol. The van der Waals surface area contributed by atoms with Crippen molar-refractivity contribution in [2.45, 2.75) is 26.2 Å². The first-order chi connectivity index (χ1) is 15.1. The molecule has 1 saturated heterocycles. The van der Waals surface area contributed by atoms with Crippen molar-refractivity contribution in [3.63, 3.8) is 0 Å². The Morgan fingerprint density at radius 3 is 2.74 bits per heavy atom. The summed E-state index contributed by atoms with van der Waals surface area (Å²) in [6.45, 7) is 5.36. The van der Waals surface area contributed by atoms with Crippen LogP contribution in [0.2, 0.25) is 0 Å². The third-order valence-electron chi connectivity index (χ3n) is 5.85. The molecular weight excluding hydrogens is 388 g/mol. The number of aryl methyl sites for hydroxylation is 2. The predicted molar refractivity (Wildman–Crippen MR) is 120 cm³/mol. The zero-order valence-corrected chi connectivity index (χ0v) is 17.6. The van der Waals surface area contributed by atoms with E-state index in [0.29, 0.717) is 23.8 Å². The number of ether oxygens (including phenoxy) is 1. The Bertz CT molecular complexity index is 1250. The van der Waals surface area contributed by atoms with Gasteiger partial charge in [0.1, 0.15) is 5.82 Å². The van der Waals surface area contributed by atoms with Gasteiger partial charge >= 0.3 is 0 Å². The average molecular weight is 412 g/mol. The number of hydrogen-bond donors (Lipinski definition) is 1. The van der Waals surface area contributed by atoms with Crippen molar-refractivity contribution in [1.82, 2.24) is 14.4 Å². The second-order valence-electron chi connectivity index (χ2n) is 8.03. The zero-order chi connectivity index (χ0) is 21.4. The summed E-state index contributed by atoms with van der Waals surface area (Å²) >= 11 is 0. The molecule has 0 spiro atoms. The van der Waals surface area contributed by atoms with E-state index in [2.05, 4.69) is 19.7 Å². The number of aromatic nitrogens is 3. The van der Waals surface area contributed by atoms with Crippen LogP contribution in [0.3, 0.4) is 0 Å². The number of nitrogens with one attached hydrogen (secondary N) is 1. The molecule has 1 atom stereocenters. The number of carbonyl (C=O) groups excluding carboxylic acids is 1. The van der Waals surface area contributed by atoms with Crippen LogP contribution in [0.4, 0.5) is 5.69 Å². The molecule has 4 heterocycles. The van der Waals surface area contributed by atoms with E-state index in [9.17, 15) is 4.79 Å². The smallest absolute Gasteiger partial charge is 0.257 e. The molecule has 1 aliphatic rings. The number of rotatable bonds is 4. The fraction of sp³-hybridized carbons (Fsp3) is 0.240. The molecule has 3 aromatic heterocycles. The van der Waals surface area contributed by atoms with E-state index in [1.165, 1.54) is 0 Å². The summed E-state index contributed by atoms with van der Waals surface area (Å²) in [5, 5.41) is 2.97. The summed E-state index contributed by atoms with van der Waals surface area (Å²) in [5.41, 5.74) is 6.05. The van der Waals surface area contributed by atoms with Gasteiger partial charge in [-0.25, -0.2) is 4.98 Å². The van der Waals surface area contributed by atoms with Gasteiger partial charge < -0.3 is 14.5 Å². The molecule has 1 fully saturated rings. The lowest BCUT2D eigenvalue weighted by molar-refractivity contribution is 0.102. The van der Waals surface area contributed by atoms with Crippen molar-refractivity contribution in [1.29, 1.82) is 0 Å². The van der Waals surface area contributed by atoms with E-state index < -0.39 is 0 Å². The van der Waals surface area contributed by atoms with Crippen LogP contribution in [0.15, 0.2) is 61.1 Å². The summed E-state index contributed by atoms with van der Waals surface area (Å²) in [4.78, 5) is 22.2. The molecule has 156 valence electrons. The van der Waals surface area contributed by atoms with Crippen LogP contribution in [0.1, 0.15) is 39.8 Å². The first-order valence-corrected chi connectivity index (χ1v) is 10.5. The lowest BCUT2D eigenvalue weighted by atomic mass is 10.0. The van der Waals surface area contributed by atoms with Crippen LogP contribution in [0.25, 0.3) is 16.6 Å². The fourth-order valence-corrected chi connectivity index (χ4v) is 4.07. The van der Waals surface area contributed by atoms with Gasteiger partial charge in [0, 0.05) is 41.7 Å². The summed E-state index contributed by atoms with van der Waals surface area (Å²) in [6.07, 6.45) is 6.73. The lowest BCUT2D eigenvalue weighted by Gasteiger charge is -2.12. The van der Waals surface area contributed by atoms with Crippen molar-refractivity contribution in [2.24, 2.45) is 0 Å². The lowest BCUT2D eigenvalue weighted by Crippen LogP contribution is -2.14. The van der Waals surface area contributed by atoms with Crippen LogP contribution in [0.5, 0.6) is 0 Å². The fourth-order valence-electron chi connectivity index (χ4n) is 4.07. The number of amides is 1. The number of nitrogens with zero attached hydrogens (tertiary/aromatic N) is 3. The largest absolute Gasteiger partial charge is 0.381 e. The minimum absolute atomic E-state index is 0.167. The van der Waals surface area contributed by atoms with Crippen LogP contribution in [-0.2, 0) is 4.74 Å². The van der Waals surface area contributed by atoms with E-state index in [-0.39, 0.29) is 5.91 Å². The zero-order valence-electron chi connectivity index (χ0n) is 17.6. The Kier molecular flexibility index (Phi) is 5.00. The molecule has 1 amide bonds. The van der Waals surface area contributed by atoms with Crippen molar-refractivity contribution >= 4 is 17.1 Å². The Labute approximate surface area is 180 Å². The summed E-state index contributed by atoms with van der Waals surface area (Å²) in [7, 11) is 0. The minimum Gasteiger partial charge on any atom is -0.381 e. The molecule has 0 saturated carbocycles. The standard InChI is InChI=1S/C25H24N4O2/c1-16-5-7-20(8-6-16)28-25(30)22-12-19(13-26-17(22)2)21-4-3-10-29-23(21)14-27-24(29)18-9-11-31-15-18/h3-8,10,12-14,18H,9,11,15H2,1-2H3,(H,28,30). The van der Waals surface area contributed by atoms with Gasteiger partial charge in [-0.15, -0.1) is 0 Å². The molecule has 6 heteroatoms. The van der Waals surface area contributed by atoms with Gasteiger partial charge in [-0.2, -0.15) is 0 Å². The Balaban J connectivity index is 1.50. The molecule has 1 unspecified atom stereocenters. The molecule has 5 rings (SSSR count). The first kappa shape index (κ1) is 19.5. The van der Waals surface area contributed by atoms with E-state index in [1.54, 1.807) is 0 Å². The second kappa shape index (κ2) is 7.96. The average Bonchev–Trinajstić information content (AvgIpc) is 3.45. The molecule has 0 radical (unpaired) electrons. The minimum atomic E-state index is -0.167. The van der Waals surface area contributed by atoms with Gasteiger partial charge in [-0.05, 0) is 44.5 Å². The number of hydrogen-bond acceptors (Lipinski definition) is 4. The van der Waals surface area contributed by atoms with E-state index in [0.717, 1.165) is 46.7 Å². The molecule has 0 aliphatic carbocycles. The van der Waals surface area contributed by atoms with Gasteiger partial charge in [0.2, 0.25) is 0 Å². The second-order valence-corrected chi connectivity index (χ2v) is 8.03. The van der Waals surface area contributed by atoms with Crippen LogP contribution in [-0.4, -0.2) is 33.5 Å². The molecular formula is C25H24N4O2. The van der Waals surface area contributed by atoms with Gasteiger partial charge in [0.05, 0.1) is 29.6 Å². The number of pyridine rings is 2. The Hall–Kier alpha value is -3.51. The summed E-state index contributed by atoms with van der Waals surface area (Å²) < 4.78 is 7.67. The number of carbonyl (C=O) groups is 1. The Morgan fingerprint density at radius 2 is 1.97 bits per heavy atom. The number of fused-ring (bicyclic) bond motifs is 1. The highest BCUT2D eigenvalue weighted by atomic mass is 16.5. The van der Waals surface area contributed by atoms with Gasteiger partial charge in [-0.1, -0.05) is 23.8 Å². The molecule has 6 nitrogen and oxygen atoms in total. The topological polar surface area (TPSA) is 68.5 Å². The maximum atomic E-state index is 13.0. The molecule has 1 aliphatic heterocycles. The highest BCUT2D eigenvalue weighted by Crippen LogP contribution is 2.30. The molecule has 4 aromatic rings. The van der Waals surface area contributed by atoms with Crippen LogP contribution < -0.4 is 5.32 Å². The van der Waals surface area contributed by atoms with Crippen molar-refractivity contribution in [3.05, 3.63) is 83.7 Å². The van der Waals surface area contributed by atoms with Crippen molar-refractivity contribution < 1.29 is 9.53 Å². The quantitative estimate of drug-likeness (QED) is 0.524. The number of benzene rings is 1. The van der Waals surface area contributed by atoms with E-state index in [1.807, 2.05) is 74.9 Å².